The third kappa shape index (κ3) is 6.81. The fraction of sp³-hybridized carbons (Fsp3) is 0.167. The largest absolute Gasteiger partial charge is 0.497 e. The first-order valence-electron chi connectivity index (χ1n) is 10.2. The number of rotatable bonds is 9. The van der Waals surface area contributed by atoms with Gasteiger partial charge in [-0.2, -0.15) is 0 Å². The minimum absolute atomic E-state index is 0.0603. The predicted molar refractivity (Wildman–Crippen MR) is 127 cm³/mol. The van der Waals surface area contributed by atoms with Crippen LogP contribution in [-0.2, 0) is 14.8 Å². The Kier molecular flexibility index (Phi) is 7.68. The normalized spacial score (nSPS) is 10.8. The van der Waals surface area contributed by atoms with Crippen LogP contribution in [0.3, 0.4) is 0 Å². The third-order valence-corrected chi connectivity index (χ3v) is 6.12. The molecule has 8 nitrogen and oxygen atoms in total. The number of anilines is 2. The van der Waals surface area contributed by atoms with Crippen LogP contribution in [0, 0.1) is 6.92 Å². The van der Waals surface area contributed by atoms with Crippen molar-refractivity contribution < 1.29 is 22.7 Å². The monoisotopic (exact) mass is 467 g/mol. The van der Waals surface area contributed by atoms with Crippen molar-refractivity contribution in [3.63, 3.8) is 0 Å². The Morgan fingerprint density at radius 1 is 0.909 bits per heavy atom. The van der Waals surface area contributed by atoms with E-state index in [0.717, 1.165) is 5.56 Å². The number of benzene rings is 3. The van der Waals surface area contributed by atoms with Crippen molar-refractivity contribution in [1.29, 1.82) is 0 Å². The number of aryl methyl sites for hydroxylation is 1. The summed E-state index contributed by atoms with van der Waals surface area (Å²) in [6.45, 7) is 2.06. The van der Waals surface area contributed by atoms with Crippen molar-refractivity contribution in [2.75, 3.05) is 23.7 Å². The molecule has 0 radical (unpaired) electrons. The number of sulfonamides is 1. The molecule has 0 fully saturated rings. The van der Waals surface area contributed by atoms with Crippen molar-refractivity contribution >= 4 is 33.2 Å². The molecule has 0 saturated carbocycles. The first-order valence-corrected chi connectivity index (χ1v) is 11.7. The molecule has 0 spiro atoms. The van der Waals surface area contributed by atoms with Crippen molar-refractivity contribution in [2.45, 2.75) is 18.2 Å². The zero-order valence-corrected chi connectivity index (χ0v) is 19.1. The molecule has 3 aromatic carbocycles. The topological polar surface area (TPSA) is 114 Å². The molecule has 0 unspecified atom stereocenters. The van der Waals surface area contributed by atoms with Crippen LogP contribution in [0.2, 0.25) is 0 Å². The summed E-state index contributed by atoms with van der Waals surface area (Å²) < 4.78 is 32.7. The summed E-state index contributed by atoms with van der Waals surface area (Å²) >= 11 is 0. The Balaban J connectivity index is 1.50. The molecule has 0 heterocycles. The lowest BCUT2D eigenvalue weighted by atomic mass is 10.2. The molecule has 0 aliphatic rings. The van der Waals surface area contributed by atoms with E-state index in [1.54, 1.807) is 36.4 Å². The summed E-state index contributed by atoms with van der Waals surface area (Å²) in [5, 5.41) is 5.36. The van der Waals surface area contributed by atoms with Gasteiger partial charge < -0.3 is 15.4 Å². The van der Waals surface area contributed by atoms with Gasteiger partial charge in [-0.1, -0.05) is 23.8 Å². The van der Waals surface area contributed by atoms with Crippen LogP contribution in [0.4, 0.5) is 11.4 Å². The molecule has 3 aromatic rings. The van der Waals surface area contributed by atoms with E-state index in [4.69, 9.17) is 4.74 Å². The van der Waals surface area contributed by atoms with Gasteiger partial charge in [0.05, 0.1) is 12.0 Å². The average molecular weight is 468 g/mol. The highest BCUT2D eigenvalue weighted by atomic mass is 32.2. The summed E-state index contributed by atoms with van der Waals surface area (Å²) in [5.41, 5.74) is 2.38. The van der Waals surface area contributed by atoms with Gasteiger partial charge in [0.2, 0.25) is 5.91 Å². The summed E-state index contributed by atoms with van der Waals surface area (Å²) in [5.74, 6) is -0.0495. The molecule has 3 N–H and O–H groups in total. The summed E-state index contributed by atoms with van der Waals surface area (Å²) in [6.07, 6.45) is 0.0603. The minimum atomic E-state index is -3.75. The van der Waals surface area contributed by atoms with Crippen molar-refractivity contribution in [2.24, 2.45) is 0 Å². The Morgan fingerprint density at radius 2 is 1.58 bits per heavy atom. The molecule has 3 rings (SSSR count). The molecule has 0 bridgehead atoms. The molecule has 0 aliphatic heterocycles. The van der Waals surface area contributed by atoms with E-state index in [1.165, 1.54) is 31.4 Å². The number of nitrogens with one attached hydrogen (secondary N) is 3. The molecule has 172 valence electrons. The number of carbonyl (C=O) groups excluding carboxylic acids is 2. The predicted octanol–water partition coefficient (Wildman–Crippen LogP) is 3.56. The second-order valence-electron chi connectivity index (χ2n) is 7.28. The van der Waals surface area contributed by atoms with Gasteiger partial charge in [-0.25, -0.2) is 8.42 Å². The third-order valence-electron chi connectivity index (χ3n) is 4.72. The van der Waals surface area contributed by atoms with E-state index >= 15 is 0 Å². The van der Waals surface area contributed by atoms with Gasteiger partial charge in [-0.05, 0) is 61.5 Å². The lowest BCUT2D eigenvalue weighted by Crippen LogP contribution is -2.27. The van der Waals surface area contributed by atoms with Crippen LogP contribution >= 0.6 is 0 Å². The first-order chi connectivity index (χ1) is 15.8. The van der Waals surface area contributed by atoms with Crippen LogP contribution < -0.4 is 20.1 Å². The highest BCUT2D eigenvalue weighted by Crippen LogP contribution is 2.19. The second-order valence-corrected chi connectivity index (χ2v) is 8.96. The van der Waals surface area contributed by atoms with Gasteiger partial charge in [0.1, 0.15) is 5.75 Å². The molecule has 0 saturated heterocycles. The standard InChI is InChI=1S/C24H25N3O5S/c1-17-6-8-20(9-7-17)27-33(30,31)22-12-10-19(11-13-22)26-23(28)14-15-25-24(29)18-4-3-5-21(16-18)32-2/h3-13,16,27H,14-15H2,1-2H3,(H,25,29)(H,26,28). The molecular formula is C24H25N3O5S. The maximum atomic E-state index is 12.5. The SMILES string of the molecule is COc1cccc(C(=O)NCCC(=O)Nc2ccc(S(=O)(=O)Nc3ccc(C)cc3)cc2)c1. The Hall–Kier alpha value is -3.85. The maximum Gasteiger partial charge on any atom is 0.261 e. The van der Waals surface area contributed by atoms with E-state index in [2.05, 4.69) is 15.4 Å². The fourth-order valence-electron chi connectivity index (χ4n) is 2.93. The molecule has 33 heavy (non-hydrogen) atoms. The summed E-state index contributed by atoms with van der Waals surface area (Å²) in [6, 6.07) is 19.6. The highest BCUT2D eigenvalue weighted by Gasteiger charge is 2.14. The van der Waals surface area contributed by atoms with E-state index in [1.807, 2.05) is 19.1 Å². The van der Waals surface area contributed by atoms with E-state index in [9.17, 15) is 18.0 Å². The Morgan fingerprint density at radius 3 is 2.24 bits per heavy atom. The smallest absolute Gasteiger partial charge is 0.261 e. The Bertz CT molecular complexity index is 1220. The molecular weight excluding hydrogens is 442 g/mol. The minimum Gasteiger partial charge on any atom is -0.497 e. The highest BCUT2D eigenvalue weighted by molar-refractivity contribution is 7.92. The number of amides is 2. The molecule has 2 amide bonds. The Labute approximate surface area is 193 Å². The quantitative estimate of drug-likeness (QED) is 0.445. The van der Waals surface area contributed by atoms with Crippen LogP contribution in [0.1, 0.15) is 22.3 Å². The van der Waals surface area contributed by atoms with E-state index < -0.39 is 10.0 Å². The number of carbonyl (C=O) groups is 2. The summed E-state index contributed by atoms with van der Waals surface area (Å²) in [4.78, 5) is 24.4. The van der Waals surface area contributed by atoms with Crippen LogP contribution in [0.15, 0.2) is 77.7 Å². The molecule has 9 heteroatoms. The van der Waals surface area contributed by atoms with Gasteiger partial charge in [-0.3, -0.25) is 14.3 Å². The number of hydrogen-bond acceptors (Lipinski definition) is 5. The zero-order chi connectivity index (χ0) is 23.8. The van der Waals surface area contributed by atoms with Crippen LogP contribution in [-0.4, -0.2) is 33.9 Å². The molecule has 0 aliphatic carbocycles. The lowest BCUT2D eigenvalue weighted by Gasteiger charge is -2.10. The molecule has 0 atom stereocenters. The molecule has 0 aromatic heterocycles. The van der Waals surface area contributed by atoms with Crippen LogP contribution in [0.5, 0.6) is 5.75 Å². The van der Waals surface area contributed by atoms with Crippen molar-refractivity contribution in [3.05, 3.63) is 83.9 Å². The van der Waals surface area contributed by atoms with E-state index in [0.29, 0.717) is 22.7 Å². The number of methoxy groups -OCH3 is 1. The van der Waals surface area contributed by atoms with Gasteiger partial charge in [0, 0.05) is 29.9 Å². The van der Waals surface area contributed by atoms with Gasteiger partial charge in [0.15, 0.2) is 0 Å². The fourth-order valence-corrected chi connectivity index (χ4v) is 3.99. The average Bonchev–Trinajstić information content (AvgIpc) is 2.80. The number of hydrogen-bond donors (Lipinski definition) is 3. The summed E-state index contributed by atoms with van der Waals surface area (Å²) in [7, 11) is -2.23. The maximum absolute atomic E-state index is 12.5. The van der Waals surface area contributed by atoms with Gasteiger partial charge in [0.25, 0.3) is 15.9 Å². The van der Waals surface area contributed by atoms with Crippen molar-refractivity contribution in [1.82, 2.24) is 5.32 Å². The van der Waals surface area contributed by atoms with E-state index in [-0.39, 0.29) is 29.7 Å². The second kappa shape index (κ2) is 10.6. The lowest BCUT2D eigenvalue weighted by molar-refractivity contribution is -0.116. The van der Waals surface area contributed by atoms with Crippen LogP contribution in [0.25, 0.3) is 0 Å². The first kappa shape index (κ1) is 23.8. The van der Waals surface area contributed by atoms with Crippen molar-refractivity contribution in [3.8, 4) is 5.75 Å². The van der Waals surface area contributed by atoms with Gasteiger partial charge in [-0.15, -0.1) is 0 Å². The zero-order valence-electron chi connectivity index (χ0n) is 18.3. The number of ether oxygens (including phenoxy) is 1. The van der Waals surface area contributed by atoms with Gasteiger partial charge >= 0.3 is 0 Å².